The van der Waals surface area contributed by atoms with E-state index in [1.807, 2.05) is 12.1 Å². The molecule has 2 bridgehead atoms. The molecule has 6 heteroatoms. The number of aromatic nitrogens is 5. The van der Waals surface area contributed by atoms with Crippen molar-refractivity contribution in [3.63, 3.8) is 0 Å². The van der Waals surface area contributed by atoms with Crippen molar-refractivity contribution in [3.05, 3.63) is 30.4 Å². The number of rotatable bonds is 2. The van der Waals surface area contributed by atoms with E-state index in [-0.39, 0.29) is 5.41 Å². The van der Waals surface area contributed by atoms with Gasteiger partial charge in [0.05, 0.1) is 6.20 Å². The Labute approximate surface area is 121 Å². The molecule has 0 amide bonds. The summed E-state index contributed by atoms with van der Waals surface area (Å²) in [6.07, 6.45) is 9.67. The van der Waals surface area contributed by atoms with E-state index >= 15 is 0 Å². The second-order valence-corrected chi connectivity index (χ2v) is 6.28. The fraction of sp³-hybridized carbons (Fsp3) is 0.467. The molecule has 0 aliphatic heterocycles. The minimum Gasteiger partial charge on any atom is -0.338 e. The van der Waals surface area contributed by atoms with Gasteiger partial charge < -0.3 is 4.52 Å². The molecule has 0 unspecified atom stereocenters. The van der Waals surface area contributed by atoms with Crippen LogP contribution in [0.15, 0.2) is 29.0 Å². The van der Waals surface area contributed by atoms with Gasteiger partial charge in [-0.25, -0.2) is 9.50 Å². The Bertz CT molecular complexity index is 812. The average Bonchev–Trinajstić information content (AvgIpc) is 3.28. The first-order chi connectivity index (χ1) is 10.3. The lowest BCUT2D eigenvalue weighted by atomic mass is 9.84. The predicted molar refractivity (Wildman–Crippen MR) is 74.5 cm³/mol. The SMILES string of the molecule is c1cc(-c2noc(C34CCC(CC3)C4)n2)n2nccc2n1. The van der Waals surface area contributed by atoms with Crippen LogP contribution in [0.5, 0.6) is 0 Å². The van der Waals surface area contributed by atoms with Gasteiger partial charge in [0, 0.05) is 17.7 Å². The lowest BCUT2D eigenvalue weighted by molar-refractivity contribution is 0.278. The predicted octanol–water partition coefficient (Wildman–Crippen LogP) is 2.61. The molecule has 0 atom stereocenters. The van der Waals surface area contributed by atoms with Crippen LogP contribution in [0.2, 0.25) is 0 Å². The minimum absolute atomic E-state index is 0.145. The molecule has 2 aliphatic rings. The Morgan fingerprint density at radius 1 is 1.19 bits per heavy atom. The third-order valence-corrected chi connectivity index (χ3v) is 5.14. The summed E-state index contributed by atoms with van der Waals surface area (Å²) in [6.45, 7) is 0. The standard InChI is InChI=1S/C15H15N5O/c1-5-15(6-2-10(1)9-15)14-18-13(19-21-14)11-3-7-16-12-4-8-17-20(11)12/h3-4,7-8,10H,1-2,5-6,9H2. The van der Waals surface area contributed by atoms with E-state index in [0.29, 0.717) is 5.82 Å². The Hall–Kier alpha value is -2.24. The van der Waals surface area contributed by atoms with Gasteiger partial charge in [0.2, 0.25) is 11.7 Å². The molecule has 0 N–H and O–H groups in total. The molecule has 6 nitrogen and oxygen atoms in total. The monoisotopic (exact) mass is 281 g/mol. The summed E-state index contributed by atoms with van der Waals surface area (Å²) in [5.41, 5.74) is 1.76. The first kappa shape index (κ1) is 11.4. The quantitative estimate of drug-likeness (QED) is 0.722. The maximum absolute atomic E-state index is 5.63. The number of hydrogen-bond acceptors (Lipinski definition) is 5. The Kier molecular flexibility index (Phi) is 2.12. The van der Waals surface area contributed by atoms with Crippen LogP contribution in [0.4, 0.5) is 0 Å². The Morgan fingerprint density at radius 3 is 2.90 bits per heavy atom. The van der Waals surface area contributed by atoms with E-state index in [1.54, 1.807) is 16.9 Å². The van der Waals surface area contributed by atoms with Crippen LogP contribution >= 0.6 is 0 Å². The molecule has 2 fully saturated rings. The van der Waals surface area contributed by atoms with Crippen molar-refractivity contribution in [2.45, 2.75) is 37.5 Å². The topological polar surface area (TPSA) is 69.1 Å². The molecule has 3 heterocycles. The van der Waals surface area contributed by atoms with Crippen molar-refractivity contribution >= 4 is 5.65 Å². The van der Waals surface area contributed by atoms with Crippen molar-refractivity contribution in [1.29, 1.82) is 0 Å². The molecule has 0 spiro atoms. The van der Waals surface area contributed by atoms with Crippen LogP contribution in [0.25, 0.3) is 17.2 Å². The van der Waals surface area contributed by atoms with Gasteiger partial charge in [-0.1, -0.05) is 5.16 Å². The van der Waals surface area contributed by atoms with Crippen molar-refractivity contribution in [3.8, 4) is 11.5 Å². The van der Waals surface area contributed by atoms with Crippen molar-refractivity contribution in [1.82, 2.24) is 24.7 Å². The third-order valence-electron chi connectivity index (χ3n) is 5.14. The summed E-state index contributed by atoms with van der Waals surface area (Å²) in [6, 6.07) is 3.74. The van der Waals surface area contributed by atoms with Crippen LogP contribution in [-0.4, -0.2) is 24.7 Å². The highest BCUT2D eigenvalue weighted by Gasteiger charge is 2.49. The zero-order valence-electron chi connectivity index (χ0n) is 11.6. The maximum Gasteiger partial charge on any atom is 0.233 e. The molecule has 5 rings (SSSR count). The van der Waals surface area contributed by atoms with E-state index in [4.69, 9.17) is 9.51 Å². The molecular formula is C15H15N5O. The molecule has 3 aromatic heterocycles. The first-order valence-electron chi connectivity index (χ1n) is 7.47. The summed E-state index contributed by atoms with van der Waals surface area (Å²) < 4.78 is 7.38. The lowest BCUT2D eigenvalue weighted by Crippen LogP contribution is -2.19. The molecule has 0 aromatic carbocycles. The van der Waals surface area contributed by atoms with Crippen molar-refractivity contribution in [2.24, 2.45) is 5.92 Å². The van der Waals surface area contributed by atoms with Gasteiger partial charge in [-0.3, -0.25) is 0 Å². The fourth-order valence-electron chi connectivity index (χ4n) is 4.04. The van der Waals surface area contributed by atoms with Gasteiger partial charge in [0.15, 0.2) is 5.65 Å². The molecule has 106 valence electrons. The first-order valence-corrected chi connectivity index (χ1v) is 7.47. The molecular weight excluding hydrogens is 266 g/mol. The van der Waals surface area contributed by atoms with E-state index in [2.05, 4.69) is 15.2 Å². The third kappa shape index (κ3) is 1.53. The van der Waals surface area contributed by atoms with E-state index in [0.717, 1.165) is 23.1 Å². The Morgan fingerprint density at radius 2 is 2.10 bits per heavy atom. The summed E-state index contributed by atoms with van der Waals surface area (Å²) >= 11 is 0. The summed E-state index contributed by atoms with van der Waals surface area (Å²) in [5, 5.41) is 8.48. The van der Waals surface area contributed by atoms with Gasteiger partial charge in [-0.2, -0.15) is 10.1 Å². The molecule has 21 heavy (non-hydrogen) atoms. The van der Waals surface area contributed by atoms with Crippen LogP contribution in [0.3, 0.4) is 0 Å². The van der Waals surface area contributed by atoms with E-state index in [1.165, 1.54) is 32.1 Å². The van der Waals surface area contributed by atoms with Crippen LogP contribution in [0.1, 0.15) is 38.0 Å². The van der Waals surface area contributed by atoms with Gasteiger partial charge >= 0.3 is 0 Å². The second-order valence-electron chi connectivity index (χ2n) is 6.28. The zero-order chi connectivity index (χ0) is 13.9. The zero-order valence-corrected chi connectivity index (χ0v) is 11.6. The summed E-state index contributed by atoms with van der Waals surface area (Å²) in [4.78, 5) is 8.96. The van der Waals surface area contributed by atoms with Gasteiger partial charge in [0.25, 0.3) is 0 Å². The minimum atomic E-state index is 0.145. The Balaban J connectivity index is 1.61. The van der Waals surface area contributed by atoms with Gasteiger partial charge in [0.1, 0.15) is 5.69 Å². The van der Waals surface area contributed by atoms with Crippen molar-refractivity contribution in [2.75, 3.05) is 0 Å². The number of nitrogens with zero attached hydrogens (tertiary/aromatic N) is 5. The second kappa shape index (κ2) is 3.90. The van der Waals surface area contributed by atoms with Gasteiger partial charge in [-0.05, 0) is 44.1 Å². The number of hydrogen-bond donors (Lipinski definition) is 0. The smallest absolute Gasteiger partial charge is 0.233 e. The molecule has 0 saturated heterocycles. The lowest BCUT2D eigenvalue weighted by Gasteiger charge is -2.20. The summed E-state index contributed by atoms with van der Waals surface area (Å²) in [5.74, 6) is 2.28. The highest BCUT2D eigenvalue weighted by Crippen LogP contribution is 2.54. The number of fused-ring (bicyclic) bond motifs is 3. The fourth-order valence-corrected chi connectivity index (χ4v) is 4.04. The molecule has 2 saturated carbocycles. The molecule has 3 aromatic rings. The van der Waals surface area contributed by atoms with Crippen LogP contribution < -0.4 is 0 Å². The van der Waals surface area contributed by atoms with Crippen molar-refractivity contribution < 1.29 is 4.52 Å². The van der Waals surface area contributed by atoms with E-state index < -0.39 is 0 Å². The van der Waals surface area contributed by atoms with Crippen LogP contribution in [0, 0.1) is 5.92 Å². The molecule has 0 radical (unpaired) electrons. The maximum atomic E-state index is 5.63. The average molecular weight is 281 g/mol. The largest absolute Gasteiger partial charge is 0.338 e. The normalized spacial score (nSPS) is 27.7. The van der Waals surface area contributed by atoms with Gasteiger partial charge in [-0.15, -0.1) is 0 Å². The highest BCUT2D eigenvalue weighted by molar-refractivity contribution is 5.54. The summed E-state index contributed by atoms with van der Waals surface area (Å²) in [7, 11) is 0. The van der Waals surface area contributed by atoms with Crippen LogP contribution in [-0.2, 0) is 5.41 Å². The highest BCUT2D eigenvalue weighted by atomic mass is 16.5. The van der Waals surface area contributed by atoms with E-state index in [9.17, 15) is 0 Å². The molecule has 2 aliphatic carbocycles.